The van der Waals surface area contributed by atoms with Crippen LogP contribution < -0.4 is 4.72 Å². The third-order valence-electron chi connectivity index (χ3n) is 2.82. The highest BCUT2D eigenvalue weighted by molar-refractivity contribution is 7.92. The fourth-order valence-electron chi connectivity index (χ4n) is 1.85. The van der Waals surface area contributed by atoms with Gasteiger partial charge >= 0.3 is 0 Å². The molecule has 2 N–H and O–H groups in total. The van der Waals surface area contributed by atoms with Crippen molar-refractivity contribution in [2.45, 2.75) is 18.7 Å². The van der Waals surface area contributed by atoms with Crippen molar-refractivity contribution in [3.05, 3.63) is 53.3 Å². The summed E-state index contributed by atoms with van der Waals surface area (Å²) in [7, 11) is -3.88. The summed E-state index contributed by atoms with van der Waals surface area (Å²) in [5.74, 6) is -0.668. The second-order valence-corrected chi connectivity index (χ2v) is 6.19. The summed E-state index contributed by atoms with van der Waals surface area (Å²) in [6.45, 7) is 3.29. The van der Waals surface area contributed by atoms with E-state index in [9.17, 15) is 17.9 Å². The Morgan fingerprint density at radius 3 is 2.45 bits per heavy atom. The van der Waals surface area contributed by atoms with E-state index < -0.39 is 15.8 Å². The number of aromatic hydroxyl groups is 1. The fraction of sp³-hybridized carbons (Fsp3) is 0.143. The van der Waals surface area contributed by atoms with Gasteiger partial charge in [0.2, 0.25) is 0 Å². The van der Waals surface area contributed by atoms with E-state index in [0.29, 0.717) is 5.56 Å². The molecule has 20 heavy (non-hydrogen) atoms. The zero-order valence-electron chi connectivity index (χ0n) is 11.0. The van der Waals surface area contributed by atoms with Crippen LogP contribution in [0.5, 0.6) is 5.75 Å². The van der Waals surface area contributed by atoms with Gasteiger partial charge in [-0.05, 0) is 55.3 Å². The number of hydrogen-bond acceptors (Lipinski definition) is 3. The average molecular weight is 295 g/mol. The SMILES string of the molecule is Cc1ccc(O)c(NS(=O)(=O)c2ccc(F)cc2C)c1. The quantitative estimate of drug-likeness (QED) is 0.856. The zero-order chi connectivity index (χ0) is 14.9. The highest BCUT2D eigenvalue weighted by Crippen LogP contribution is 2.27. The van der Waals surface area contributed by atoms with E-state index in [1.807, 2.05) is 0 Å². The summed E-state index contributed by atoms with van der Waals surface area (Å²) < 4.78 is 39.8. The maximum atomic E-state index is 13.0. The number of nitrogens with one attached hydrogen (secondary N) is 1. The first-order valence-electron chi connectivity index (χ1n) is 5.88. The Balaban J connectivity index is 2.43. The number of phenolic OH excluding ortho intramolecular Hbond substituents is 1. The van der Waals surface area contributed by atoms with Crippen LogP contribution in [0.4, 0.5) is 10.1 Å². The molecule has 0 radical (unpaired) electrons. The lowest BCUT2D eigenvalue weighted by Gasteiger charge is -2.12. The van der Waals surface area contributed by atoms with Crippen LogP contribution in [0, 0.1) is 19.7 Å². The molecular formula is C14H14FNO3S. The molecular weight excluding hydrogens is 281 g/mol. The van der Waals surface area contributed by atoms with Crippen LogP contribution in [0.1, 0.15) is 11.1 Å². The molecule has 0 aliphatic carbocycles. The van der Waals surface area contributed by atoms with Crippen LogP contribution in [0.2, 0.25) is 0 Å². The molecule has 0 amide bonds. The third kappa shape index (κ3) is 2.91. The monoisotopic (exact) mass is 295 g/mol. The zero-order valence-corrected chi connectivity index (χ0v) is 11.8. The number of aryl methyl sites for hydroxylation is 2. The van der Waals surface area contributed by atoms with Crippen molar-refractivity contribution in [3.63, 3.8) is 0 Å². The molecule has 0 saturated heterocycles. The number of phenols is 1. The van der Waals surface area contributed by atoms with Crippen LogP contribution in [-0.4, -0.2) is 13.5 Å². The predicted molar refractivity (Wildman–Crippen MR) is 74.8 cm³/mol. The van der Waals surface area contributed by atoms with Crippen molar-refractivity contribution in [3.8, 4) is 5.75 Å². The Morgan fingerprint density at radius 2 is 1.80 bits per heavy atom. The van der Waals surface area contributed by atoms with Gasteiger partial charge in [0, 0.05) is 0 Å². The third-order valence-corrected chi connectivity index (χ3v) is 4.35. The first-order valence-corrected chi connectivity index (χ1v) is 7.36. The summed E-state index contributed by atoms with van der Waals surface area (Å²) in [4.78, 5) is -0.0280. The minimum atomic E-state index is -3.88. The maximum Gasteiger partial charge on any atom is 0.262 e. The number of sulfonamides is 1. The molecule has 4 nitrogen and oxygen atoms in total. The Kier molecular flexibility index (Phi) is 3.67. The molecule has 0 heterocycles. The van der Waals surface area contributed by atoms with Crippen molar-refractivity contribution in [2.24, 2.45) is 0 Å². The number of halogens is 1. The van der Waals surface area contributed by atoms with Crippen LogP contribution in [-0.2, 0) is 10.0 Å². The van der Waals surface area contributed by atoms with Crippen LogP contribution in [0.15, 0.2) is 41.3 Å². The first kappa shape index (κ1) is 14.3. The lowest BCUT2D eigenvalue weighted by atomic mass is 10.2. The Hall–Kier alpha value is -2.08. The Bertz CT molecular complexity index is 757. The van der Waals surface area contributed by atoms with Gasteiger partial charge in [0.1, 0.15) is 11.6 Å². The summed E-state index contributed by atoms with van der Waals surface area (Å²) in [6.07, 6.45) is 0. The van der Waals surface area contributed by atoms with Gasteiger partial charge in [-0.25, -0.2) is 12.8 Å². The van der Waals surface area contributed by atoms with Crippen molar-refractivity contribution in [1.29, 1.82) is 0 Å². The van der Waals surface area contributed by atoms with E-state index in [0.717, 1.165) is 17.7 Å². The van der Waals surface area contributed by atoms with Gasteiger partial charge in [-0.1, -0.05) is 6.07 Å². The van der Waals surface area contributed by atoms with Gasteiger partial charge in [0.15, 0.2) is 0 Å². The van der Waals surface area contributed by atoms with E-state index >= 15 is 0 Å². The second-order valence-electron chi connectivity index (χ2n) is 4.54. The van der Waals surface area contributed by atoms with Crippen molar-refractivity contribution in [2.75, 3.05) is 4.72 Å². The van der Waals surface area contributed by atoms with Gasteiger partial charge in [0.25, 0.3) is 10.0 Å². The minimum absolute atomic E-state index is 0.0280. The lowest BCUT2D eigenvalue weighted by molar-refractivity contribution is 0.477. The minimum Gasteiger partial charge on any atom is -0.506 e. The van der Waals surface area contributed by atoms with E-state index in [1.165, 1.54) is 25.1 Å². The van der Waals surface area contributed by atoms with Crippen molar-refractivity contribution < 1.29 is 17.9 Å². The molecule has 0 aromatic heterocycles. The molecule has 0 unspecified atom stereocenters. The van der Waals surface area contributed by atoms with Crippen LogP contribution in [0.3, 0.4) is 0 Å². The number of anilines is 1. The topological polar surface area (TPSA) is 66.4 Å². The van der Waals surface area contributed by atoms with Gasteiger partial charge in [-0.2, -0.15) is 0 Å². The van der Waals surface area contributed by atoms with Crippen LogP contribution in [0.25, 0.3) is 0 Å². The molecule has 106 valence electrons. The Labute approximate surface area is 116 Å². The van der Waals surface area contributed by atoms with Crippen LogP contribution >= 0.6 is 0 Å². The molecule has 0 saturated carbocycles. The summed E-state index contributed by atoms with van der Waals surface area (Å²) in [5, 5.41) is 9.67. The molecule has 0 aliphatic heterocycles. The first-order chi connectivity index (χ1) is 9.29. The van der Waals surface area contributed by atoms with Gasteiger partial charge in [-0.3, -0.25) is 4.72 Å². The predicted octanol–water partition coefficient (Wildman–Crippen LogP) is 2.95. The number of hydrogen-bond donors (Lipinski definition) is 2. The van der Waals surface area contributed by atoms with E-state index in [1.54, 1.807) is 13.0 Å². The Morgan fingerprint density at radius 1 is 1.10 bits per heavy atom. The highest BCUT2D eigenvalue weighted by atomic mass is 32.2. The molecule has 2 rings (SSSR count). The molecule has 2 aromatic rings. The standard InChI is InChI=1S/C14H14FNO3S/c1-9-3-5-13(17)12(7-9)16-20(18,19)14-6-4-11(15)8-10(14)2/h3-8,16-17H,1-2H3. The normalized spacial score (nSPS) is 11.3. The number of rotatable bonds is 3. The largest absolute Gasteiger partial charge is 0.506 e. The fourth-order valence-corrected chi connectivity index (χ4v) is 3.14. The summed E-state index contributed by atoms with van der Waals surface area (Å²) >= 11 is 0. The van der Waals surface area contributed by atoms with Crippen molar-refractivity contribution >= 4 is 15.7 Å². The molecule has 6 heteroatoms. The summed E-state index contributed by atoms with van der Waals surface area (Å²) in [6, 6.07) is 8.01. The molecule has 0 spiro atoms. The maximum absolute atomic E-state index is 13.0. The average Bonchev–Trinajstić information content (AvgIpc) is 2.33. The van der Waals surface area contributed by atoms with Gasteiger partial charge in [0.05, 0.1) is 10.6 Å². The van der Waals surface area contributed by atoms with E-state index in [2.05, 4.69) is 4.72 Å². The lowest BCUT2D eigenvalue weighted by Crippen LogP contribution is -2.14. The molecule has 0 atom stereocenters. The summed E-state index contributed by atoms with van der Waals surface area (Å²) in [5.41, 5.74) is 1.19. The smallest absolute Gasteiger partial charge is 0.262 e. The van der Waals surface area contributed by atoms with E-state index in [4.69, 9.17) is 0 Å². The van der Waals surface area contributed by atoms with Crippen molar-refractivity contribution in [1.82, 2.24) is 0 Å². The van der Waals surface area contributed by atoms with Gasteiger partial charge in [-0.15, -0.1) is 0 Å². The van der Waals surface area contributed by atoms with Gasteiger partial charge < -0.3 is 5.11 Å². The second kappa shape index (κ2) is 5.13. The van der Waals surface area contributed by atoms with E-state index in [-0.39, 0.29) is 16.3 Å². The molecule has 2 aromatic carbocycles. The molecule has 0 aliphatic rings. The number of benzene rings is 2. The molecule has 0 bridgehead atoms. The molecule has 0 fully saturated rings. The highest BCUT2D eigenvalue weighted by Gasteiger charge is 2.18.